The van der Waals surface area contributed by atoms with Crippen LogP contribution < -0.4 is 0 Å². The van der Waals surface area contributed by atoms with E-state index in [2.05, 4.69) is 15.9 Å². The molecular formula is C6H9BrO2. The van der Waals surface area contributed by atoms with Crippen molar-refractivity contribution in [1.29, 1.82) is 0 Å². The fourth-order valence-corrected chi connectivity index (χ4v) is 1.81. The third kappa shape index (κ3) is 0.980. The Kier molecular flexibility index (Phi) is 1.80. The SMILES string of the molecule is O=C(O)C1(CBr)CCC1. The van der Waals surface area contributed by atoms with Gasteiger partial charge in [-0.3, -0.25) is 4.79 Å². The molecule has 2 nitrogen and oxygen atoms in total. The third-order valence-electron chi connectivity index (χ3n) is 2.02. The highest BCUT2D eigenvalue weighted by atomic mass is 79.9. The second-order valence-electron chi connectivity index (χ2n) is 2.57. The van der Waals surface area contributed by atoms with Gasteiger partial charge in [0, 0.05) is 5.33 Å². The fraction of sp³-hybridized carbons (Fsp3) is 0.833. The van der Waals surface area contributed by atoms with Crippen LogP contribution in [0.3, 0.4) is 0 Å². The first-order chi connectivity index (χ1) is 4.21. The van der Waals surface area contributed by atoms with Crippen LogP contribution in [-0.2, 0) is 4.79 Å². The molecule has 9 heavy (non-hydrogen) atoms. The summed E-state index contributed by atoms with van der Waals surface area (Å²) in [6, 6.07) is 0. The van der Waals surface area contributed by atoms with Crippen molar-refractivity contribution >= 4 is 21.9 Å². The number of carboxylic acids is 1. The summed E-state index contributed by atoms with van der Waals surface area (Å²) in [5.41, 5.74) is -0.403. The summed E-state index contributed by atoms with van der Waals surface area (Å²) in [5.74, 6) is -0.648. The largest absolute Gasteiger partial charge is 0.481 e. The van der Waals surface area contributed by atoms with Crippen molar-refractivity contribution in [3.05, 3.63) is 0 Å². The van der Waals surface area contributed by atoms with Crippen molar-refractivity contribution in [2.24, 2.45) is 5.41 Å². The minimum absolute atomic E-state index is 0.403. The highest BCUT2D eigenvalue weighted by Gasteiger charge is 2.43. The molecule has 52 valence electrons. The topological polar surface area (TPSA) is 37.3 Å². The Balaban J connectivity index is 2.57. The van der Waals surface area contributed by atoms with Gasteiger partial charge < -0.3 is 5.11 Å². The molecule has 1 fully saturated rings. The molecule has 0 aliphatic heterocycles. The summed E-state index contributed by atoms with van der Waals surface area (Å²) in [6.07, 6.45) is 2.75. The van der Waals surface area contributed by atoms with Crippen LogP contribution in [0.4, 0.5) is 0 Å². The Morgan fingerprint density at radius 1 is 1.67 bits per heavy atom. The van der Waals surface area contributed by atoms with Gasteiger partial charge in [-0.05, 0) is 12.8 Å². The van der Waals surface area contributed by atoms with Gasteiger partial charge in [-0.1, -0.05) is 22.4 Å². The van der Waals surface area contributed by atoms with Gasteiger partial charge in [-0.2, -0.15) is 0 Å². The zero-order valence-corrected chi connectivity index (χ0v) is 6.65. The molecule has 3 heteroatoms. The zero-order chi connectivity index (χ0) is 6.91. The number of aliphatic carboxylic acids is 1. The fourth-order valence-electron chi connectivity index (χ4n) is 1.01. The van der Waals surface area contributed by atoms with Crippen LogP contribution in [0, 0.1) is 5.41 Å². The van der Waals surface area contributed by atoms with Crippen LogP contribution >= 0.6 is 15.9 Å². The van der Waals surface area contributed by atoms with Crippen LogP contribution in [0.25, 0.3) is 0 Å². The first-order valence-corrected chi connectivity index (χ1v) is 4.13. The molecule has 0 aromatic heterocycles. The highest BCUT2D eigenvalue weighted by molar-refractivity contribution is 9.09. The van der Waals surface area contributed by atoms with E-state index in [1.165, 1.54) is 0 Å². The minimum Gasteiger partial charge on any atom is -0.481 e. The molecular weight excluding hydrogens is 184 g/mol. The molecule has 1 saturated carbocycles. The van der Waals surface area contributed by atoms with E-state index in [0.717, 1.165) is 19.3 Å². The smallest absolute Gasteiger partial charge is 0.310 e. The Hall–Kier alpha value is -0.0500. The number of alkyl halides is 1. The van der Waals surface area contributed by atoms with Crippen molar-refractivity contribution in [3.63, 3.8) is 0 Å². The average Bonchev–Trinajstić information content (AvgIpc) is 1.62. The van der Waals surface area contributed by atoms with Crippen molar-refractivity contribution in [3.8, 4) is 0 Å². The van der Waals surface area contributed by atoms with Gasteiger partial charge >= 0.3 is 5.97 Å². The van der Waals surface area contributed by atoms with Gasteiger partial charge in [0.1, 0.15) is 0 Å². The van der Waals surface area contributed by atoms with Crippen LogP contribution in [0.2, 0.25) is 0 Å². The Bertz CT molecular complexity index is 124. The summed E-state index contributed by atoms with van der Waals surface area (Å²) < 4.78 is 0. The van der Waals surface area contributed by atoms with Crippen LogP contribution in [-0.4, -0.2) is 16.4 Å². The second-order valence-corrected chi connectivity index (χ2v) is 3.13. The average molecular weight is 193 g/mol. The maximum Gasteiger partial charge on any atom is 0.310 e. The Morgan fingerprint density at radius 2 is 2.22 bits per heavy atom. The van der Waals surface area contributed by atoms with Crippen molar-refractivity contribution < 1.29 is 9.90 Å². The van der Waals surface area contributed by atoms with E-state index in [-0.39, 0.29) is 0 Å². The number of carbonyl (C=O) groups is 1. The van der Waals surface area contributed by atoms with E-state index in [9.17, 15) is 4.79 Å². The molecule has 0 unspecified atom stereocenters. The molecule has 0 spiro atoms. The van der Waals surface area contributed by atoms with E-state index in [1.807, 2.05) is 0 Å². The number of carboxylic acid groups (broad SMARTS) is 1. The molecule has 1 N–H and O–H groups in total. The predicted molar refractivity (Wildman–Crippen MR) is 37.7 cm³/mol. The van der Waals surface area contributed by atoms with E-state index < -0.39 is 11.4 Å². The first kappa shape index (κ1) is 7.06. The summed E-state index contributed by atoms with van der Waals surface area (Å²) >= 11 is 3.20. The predicted octanol–water partition coefficient (Wildman–Crippen LogP) is 1.64. The van der Waals surface area contributed by atoms with Gasteiger partial charge in [0.25, 0.3) is 0 Å². The molecule has 0 radical (unpaired) electrons. The summed E-state index contributed by atoms with van der Waals surface area (Å²) in [5, 5.41) is 9.26. The molecule has 1 rings (SSSR count). The van der Waals surface area contributed by atoms with E-state index in [1.54, 1.807) is 0 Å². The highest BCUT2D eigenvalue weighted by Crippen LogP contribution is 2.42. The molecule has 1 aliphatic carbocycles. The molecule has 0 amide bonds. The minimum atomic E-state index is -0.648. The molecule has 0 saturated heterocycles. The molecule has 0 atom stereocenters. The lowest BCUT2D eigenvalue weighted by atomic mass is 9.70. The molecule has 0 heterocycles. The van der Waals surface area contributed by atoms with E-state index in [0.29, 0.717) is 5.33 Å². The van der Waals surface area contributed by atoms with E-state index >= 15 is 0 Å². The zero-order valence-electron chi connectivity index (χ0n) is 5.06. The molecule has 0 aromatic rings. The van der Waals surface area contributed by atoms with Gasteiger partial charge in [0.05, 0.1) is 5.41 Å². The molecule has 0 bridgehead atoms. The Labute approximate surface area is 62.4 Å². The van der Waals surface area contributed by atoms with Crippen molar-refractivity contribution in [2.75, 3.05) is 5.33 Å². The lowest BCUT2D eigenvalue weighted by Gasteiger charge is -2.35. The number of rotatable bonds is 2. The lowest BCUT2D eigenvalue weighted by Crippen LogP contribution is -2.39. The normalized spacial score (nSPS) is 22.8. The number of hydrogen-bond acceptors (Lipinski definition) is 1. The lowest BCUT2D eigenvalue weighted by molar-refractivity contribution is -0.152. The quantitative estimate of drug-likeness (QED) is 0.676. The third-order valence-corrected chi connectivity index (χ3v) is 3.09. The van der Waals surface area contributed by atoms with Gasteiger partial charge in [-0.15, -0.1) is 0 Å². The second kappa shape index (κ2) is 2.29. The maximum atomic E-state index is 10.5. The van der Waals surface area contributed by atoms with Crippen LogP contribution in [0.5, 0.6) is 0 Å². The molecule has 0 aromatic carbocycles. The van der Waals surface area contributed by atoms with Crippen molar-refractivity contribution in [2.45, 2.75) is 19.3 Å². The Morgan fingerprint density at radius 3 is 2.22 bits per heavy atom. The van der Waals surface area contributed by atoms with Crippen LogP contribution in [0.1, 0.15) is 19.3 Å². The van der Waals surface area contributed by atoms with Crippen LogP contribution in [0.15, 0.2) is 0 Å². The van der Waals surface area contributed by atoms with Gasteiger partial charge in [-0.25, -0.2) is 0 Å². The number of halogens is 1. The summed E-state index contributed by atoms with van der Waals surface area (Å²) in [4.78, 5) is 10.5. The summed E-state index contributed by atoms with van der Waals surface area (Å²) in [7, 11) is 0. The summed E-state index contributed by atoms with van der Waals surface area (Å²) in [6.45, 7) is 0. The van der Waals surface area contributed by atoms with Gasteiger partial charge in [0.15, 0.2) is 0 Å². The first-order valence-electron chi connectivity index (χ1n) is 3.01. The monoisotopic (exact) mass is 192 g/mol. The standard InChI is InChI=1S/C6H9BrO2/c7-4-6(5(8)9)2-1-3-6/h1-4H2,(H,8,9). The number of hydrogen-bond donors (Lipinski definition) is 1. The van der Waals surface area contributed by atoms with Gasteiger partial charge in [0.2, 0.25) is 0 Å². The maximum absolute atomic E-state index is 10.5. The molecule has 1 aliphatic rings. The van der Waals surface area contributed by atoms with E-state index in [4.69, 9.17) is 5.11 Å². The van der Waals surface area contributed by atoms with Crippen molar-refractivity contribution in [1.82, 2.24) is 0 Å².